The van der Waals surface area contributed by atoms with Gasteiger partial charge in [-0.1, -0.05) is 18.2 Å². The fourth-order valence-corrected chi connectivity index (χ4v) is 1.89. The molecule has 1 heterocycles. The predicted octanol–water partition coefficient (Wildman–Crippen LogP) is 2.29. The monoisotopic (exact) mass is 228 g/mol. The first kappa shape index (κ1) is 11.6. The number of aromatic hydroxyl groups is 1. The number of phenols is 1. The number of aromatic nitrogens is 1. The highest BCUT2D eigenvalue weighted by molar-refractivity contribution is 5.29. The third-order valence-corrected chi connectivity index (χ3v) is 2.79. The Morgan fingerprint density at radius 3 is 2.82 bits per heavy atom. The Labute approximate surface area is 101 Å². The second kappa shape index (κ2) is 5.46. The number of pyridine rings is 1. The lowest BCUT2D eigenvalue weighted by Crippen LogP contribution is -2.18. The van der Waals surface area contributed by atoms with Crippen LogP contribution in [0.4, 0.5) is 0 Å². The molecule has 1 aromatic carbocycles. The van der Waals surface area contributed by atoms with Gasteiger partial charge < -0.3 is 10.4 Å². The lowest BCUT2D eigenvalue weighted by Gasteiger charge is -2.16. The van der Waals surface area contributed by atoms with Crippen LogP contribution in [0, 0.1) is 0 Å². The van der Waals surface area contributed by atoms with E-state index < -0.39 is 0 Å². The molecule has 2 N–H and O–H groups in total. The van der Waals surface area contributed by atoms with E-state index in [4.69, 9.17) is 0 Å². The highest BCUT2D eigenvalue weighted by Crippen LogP contribution is 2.19. The molecule has 17 heavy (non-hydrogen) atoms. The maximum absolute atomic E-state index is 9.44. The Morgan fingerprint density at radius 2 is 2.18 bits per heavy atom. The molecule has 0 spiro atoms. The first-order valence-corrected chi connectivity index (χ1v) is 5.64. The molecule has 0 fully saturated rings. The van der Waals surface area contributed by atoms with Crippen LogP contribution in [-0.4, -0.2) is 17.1 Å². The second-order valence-electron chi connectivity index (χ2n) is 4.00. The van der Waals surface area contributed by atoms with Gasteiger partial charge in [0.05, 0.1) is 0 Å². The van der Waals surface area contributed by atoms with Crippen LogP contribution in [0.15, 0.2) is 48.8 Å². The molecule has 3 heteroatoms. The van der Waals surface area contributed by atoms with Gasteiger partial charge in [-0.05, 0) is 42.8 Å². The van der Waals surface area contributed by atoms with Crippen molar-refractivity contribution >= 4 is 0 Å². The normalized spacial score (nSPS) is 12.3. The molecule has 88 valence electrons. The van der Waals surface area contributed by atoms with Gasteiger partial charge in [-0.15, -0.1) is 0 Å². The summed E-state index contributed by atoms with van der Waals surface area (Å²) in [6, 6.07) is 11.5. The number of nitrogens with zero attached hydrogens (tertiary/aromatic N) is 1. The first-order valence-electron chi connectivity index (χ1n) is 5.64. The van der Waals surface area contributed by atoms with Gasteiger partial charge in [-0.3, -0.25) is 4.98 Å². The molecular weight excluding hydrogens is 212 g/mol. The van der Waals surface area contributed by atoms with E-state index in [-0.39, 0.29) is 6.04 Å². The molecule has 1 atom stereocenters. The van der Waals surface area contributed by atoms with Crippen LogP contribution in [0.25, 0.3) is 0 Å². The van der Waals surface area contributed by atoms with Crippen molar-refractivity contribution in [3.05, 3.63) is 59.9 Å². The lowest BCUT2D eigenvalue weighted by atomic mass is 10.0. The zero-order chi connectivity index (χ0) is 12.1. The number of rotatable bonds is 4. The van der Waals surface area contributed by atoms with Crippen LogP contribution in [0.3, 0.4) is 0 Å². The summed E-state index contributed by atoms with van der Waals surface area (Å²) in [5.41, 5.74) is 2.26. The first-order chi connectivity index (χ1) is 8.29. The topological polar surface area (TPSA) is 45.1 Å². The predicted molar refractivity (Wildman–Crippen MR) is 67.8 cm³/mol. The van der Waals surface area contributed by atoms with Crippen molar-refractivity contribution < 1.29 is 5.11 Å². The molecular formula is C14H16N2O. The molecule has 3 nitrogen and oxygen atoms in total. The van der Waals surface area contributed by atoms with Gasteiger partial charge in [-0.25, -0.2) is 0 Å². The molecule has 0 radical (unpaired) electrons. The maximum Gasteiger partial charge on any atom is 0.115 e. The van der Waals surface area contributed by atoms with Gasteiger partial charge in [0, 0.05) is 18.4 Å². The summed E-state index contributed by atoms with van der Waals surface area (Å²) in [4.78, 5) is 4.12. The minimum atomic E-state index is 0.213. The van der Waals surface area contributed by atoms with Gasteiger partial charge in [0.2, 0.25) is 0 Å². The molecule has 0 bridgehead atoms. The summed E-state index contributed by atoms with van der Waals surface area (Å²) in [6.45, 7) is 0. The fraction of sp³-hybridized carbons (Fsp3) is 0.214. The van der Waals surface area contributed by atoms with Crippen LogP contribution in [0.1, 0.15) is 17.2 Å². The SMILES string of the molecule is CNC(Cc1cccc(O)c1)c1cccnc1. The second-order valence-corrected chi connectivity index (χ2v) is 4.00. The molecule has 2 rings (SSSR count). The number of hydrogen-bond donors (Lipinski definition) is 2. The highest BCUT2D eigenvalue weighted by atomic mass is 16.3. The Morgan fingerprint density at radius 1 is 1.29 bits per heavy atom. The zero-order valence-electron chi connectivity index (χ0n) is 9.80. The summed E-state index contributed by atoms with van der Waals surface area (Å²) in [5, 5.41) is 12.7. The molecule has 2 aromatic rings. The molecule has 0 aliphatic rings. The standard InChI is InChI=1S/C14H16N2O/c1-15-14(12-5-3-7-16-10-12)9-11-4-2-6-13(17)8-11/h2-8,10,14-15,17H,9H2,1H3. The van der Waals surface area contributed by atoms with Crippen LogP contribution in [0.2, 0.25) is 0 Å². The average Bonchev–Trinajstić information content (AvgIpc) is 2.37. The quantitative estimate of drug-likeness (QED) is 0.844. The van der Waals surface area contributed by atoms with Gasteiger partial charge in [-0.2, -0.15) is 0 Å². The number of phenolic OH excluding ortho intramolecular Hbond substituents is 1. The number of benzene rings is 1. The van der Waals surface area contributed by atoms with E-state index in [0.29, 0.717) is 5.75 Å². The molecule has 0 aliphatic carbocycles. The Kier molecular flexibility index (Phi) is 3.73. The minimum absolute atomic E-state index is 0.213. The number of nitrogens with one attached hydrogen (secondary N) is 1. The summed E-state index contributed by atoms with van der Waals surface area (Å²) in [6.07, 6.45) is 4.46. The van der Waals surface area contributed by atoms with Gasteiger partial charge >= 0.3 is 0 Å². The van der Waals surface area contributed by atoms with E-state index in [2.05, 4.69) is 16.4 Å². The van der Waals surface area contributed by atoms with Crippen molar-refractivity contribution in [1.29, 1.82) is 0 Å². The van der Waals surface area contributed by atoms with E-state index in [1.165, 1.54) is 0 Å². The van der Waals surface area contributed by atoms with Crippen molar-refractivity contribution in [3.63, 3.8) is 0 Å². The summed E-state index contributed by atoms with van der Waals surface area (Å²) in [7, 11) is 1.93. The molecule has 0 saturated heterocycles. The van der Waals surface area contributed by atoms with Crippen molar-refractivity contribution in [2.75, 3.05) is 7.05 Å². The van der Waals surface area contributed by atoms with Crippen LogP contribution < -0.4 is 5.32 Å². The van der Waals surface area contributed by atoms with E-state index in [1.54, 1.807) is 18.3 Å². The number of likely N-dealkylation sites (N-methyl/N-ethyl adjacent to an activating group) is 1. The third-order valence-electron chi connectivity index (χ3n) is 2.79. The van der Waals surface area contributed by atoms with Crippen molar-refractivity contribution in [2.24, 2.45) is 0 Å². The van der Waals surface area contributed by atoms with Crippen LogP contribution in [0.5, 0.6) is 5.75 Å². The summed E-state index contributed by atoms with van der Waals surface area (Å²) >= 11 is 0. The van der Waals surface area contributed by atoms with Crippen molar-refractivity contribution in [2.45, 2.75) is 12.5 Å². The van der Waals surface area contributed by atoms with E-state index in [9.17, 15) is 5.11 Å². The summed E-state index contributed by atoms with van der Waals surface area (Å²) < 4.78 is 0. The van der Waals surface area contributed by atoms with Crippen LogP contribution >= 0.6 is 0 Å². The largest absolute Gasteiger partial charge is 0.508 e. The molecule has 1 aromatic heterocycles. The Hall–Kier alpha value is -1.87. The van der Waals surface area contributed by atoms with Gasteiger partial charge in [0.25, 0.3) is 0 Å². The van der Waals surface area contributed by atoms with Gasteiger partial charge in [0.1, 0.15) is 5.75 Å². The smallest absolute Gasteiger partial charge is 0.115 e. The summed E-state index contributed by atoms with van der Waals surface area (Å²) in [5.74, 6) is 0.309. The van der Waals surface area contributed by atoms with Crippen molar-refractivity contribution in [3.8, 4) is 5.75 Å². The third kappa shape index (κ3) is 3.04. The van der Waals surface area contributed by atoms with E-state index in [0.717, 1.165) is 17.5 Å². The Balaban J connectivity index is 2.16. The van der Waals surface area contributed by atoms with E-state index in [1.807, 2.05) is 31.4 Å². The van der Waals surface area contributed by atoms with Gasteiger partial charge in [0.15, 0.2) is 0 Å². The molecule has 0 aliphatic heterocycles. The Bertz CT molecular complexity index is 471. The zero-order valence-corrected chi connectivity index (χ0v) is 9.80. The fourth-order valence-electron chi connectivity index (χ4n) is 1.89. The van der Waals surface area contributed by atoms with Crippen molar-refractivity contribution in [1.82, 2.24) is 10.3 Å². The maximum atomic E-state index is 9.44. The molecule has 0 amide bonds. The average molecular weight is 228 g/mol. The van der Waals surface area contributed by atoms with E-state index >= 15 is 0 Å². The molecule has 0 saturated carbocycles. The highest BCUT2D eigenvalue weighted by Gasteiger charge is 2.10. The van der Waals surface area contributed by atoms with Crippen LogP contribution in [-0.2, 0) is 6.42 Å². The molecule has 1 unspecified atom stereocenters. The minimum Gasteiger partial charge on any atom is -0.508 e. The number of hydrogen-bond acceptors (Lipinski definition) is 3. The lowest BCUT2D eigenvalue weighted by molar-refractivity contribution is 0.473.